The second-order valence-electron chi connectivity index (χ2n) is 4.98. The van der Waals surface area contributed by atoms with Gasteiger partial charge in [-0.2, -0.15) is 0 Å². The van der Waals surface area contributed by atoms with Gasteiger partial charge in [-0.15, -0.1) is 5.10 Å². The number of rotatable bonds is 6. The summed E-state index contributed by atoms with van der Waals surface area (Å²) in [6, 6.07) is 4.48. The molecule has 120 valence electrons. The van der Waals surface area contributed by atoms with E-state index in [-0.39, 0.29) is 23.9 Å². The Balaban J connectivity index is 1.73. The van der Waals surface area contributed by atoms with Crippen molar-refractivity contribution in [1.29, 1.82) is 0 Å². The van der Waals surface area contributed by atoms with Gasteiger partial charge in [-0.25, -0.2) is 4.79 Å². The number of carbonyl (C=O) groups is 1. The first-order valence-electron chi connectivity index (χ1n) is 6.73. The number of esters is 1. The minimum Gasteiger partial charge on any atom is -0.455 e. The third-order valence-electron chi connectivity index (χ3n) is 3.22. The molecule has 1 aliphatic carbocycles. The van der Waals surface area contributed by atoms with E-state index in [0.29, 0.717) is 15.7 Å². The largest absolute Gasteiger partial charge is 0.455 e. The van der Waals surface area contributed by atoms with Gasteiger partial charge in [0.25, 0.3) is 5.69 Å². The zero-order chi connectivity index (χ0) is 16.4. The maximum Gasteiger partial charge on any atom is 0.338 e. The van der Waals surface area contributed by atoms with Crippen molar-refractivity contribution < 1.29 is 14.5 Å². The van der Waals surface area contributed by atoms with E-state index in [1.165, 1.54) is 18.2 Å². The molecule has 1 saturated carbocycles. The molecule has 0 radical (unpaired) electrons. The molecule has 2 aromatic rings. The van der Waals surface area contributed by atoms with Crippen LogP contribution >= 0.6 is 23.1 Å². The minimum atomic E-state index is -0.685. The quantitative estimate of drug-likeness (QED) is 0.482. The van der Waals surface area contributed by atoms with E-state index in [1.54, 1.807) is 0 Å². The van der Waals surface area contributed by atoms with E-state index < -0.39 is 10.9 Å². The summed E-state index contributed by atoms with van der Waals surface area (Å²) in [6.07, 6.45) is 1.98. The lowest BCUT2D eigenvalue weighted by atomic mass is 10.1. The molecular weight excluding hydrogens is 344 g/mol. The van der Waals surface area contributed by atoms with Crippen LogP contribution in [0.1, 0.15) is 28.9 Å². The Hall–Kier alpha value is -2.26. The fraction of sp³-hybridized carbons (Fsp3) is 0.308. The van der Waals surface area contributed by atoms with Gasteiger partial charge in [0.15, 0.2) is 0 Å². The molecule has 8 nitrogen and oxygen atoms in total. The van der Waals surface area contributed by atoms with Gasteiger partial charge in [0.1, 0.15) is 22.3 Å². The Morgan fingerprint density at radius 3 is 2.91 bits per heavy atom. The van der Waals surface area contributed by atoms with Crippen LogP contribution in [0.3, 0.4) is 0 Å². The molecule has 0 atom stereocenters. The third kappa shape index (κ3) is 3.74. The molecule has 1 aliphatic rings. The highest BCUT2D eigenvalue weighted by Gasteiger charge is 2.26. The van der Waals surface area contributed by atoms with Crippen molar-refractivity contribution in [3.8, 4) is 0 Å². The van der Waals surface area contributed by atoms with Gasteiger partial charge in [0.05, 0.1) is 10.5 Å². The van der Waals surface area contributed by atoms with E-state index >= 15 is 0 Å². The maximum absolute atomic E-state index is 12.0. The van der Waals surface area contributed by atoms with Crippen molar-refractivity contribution >= 4 is 40.5 Å². The van der Waals surface area contributed by atoms with Crippen LogP contribution in [-0.4, -0.2) is 26.5 Å². The summed E-state index contributed by atoms with van der Waals surface area (Å²) < 4.78 is 9.03. The van der Waals surface area contributed by atoms with Crippen molar-refractivity contribution in [2.24, 2.45) is 0 Å². The number of nitrogens with one attached hydrogen (secondary N) is 1. The van der Waals surface area contributed by atoms with Crippen LogP contribution in [0.5, 0.6) is 0 Å². The minimum absolute atomic E-state index is 0.0948. The molecule has 0 aliphatic heterocycles. The molecule has 0 saturated heterocycles. The Kier molecular flexibility index (Phi) is 4.39. The molecule has 1 heterocycles. The average Bonchev–Trinajstić information content (AvgIpc) is 3.25. The highest BCUT2D eigenvalue weighted by molar-refractivity contribution is 7.10. The average molecular weight is 355 g/mol. The maximum atomic E-state index is 12.0. The number of hydrogen-bond donors (Lipinski definition) is 1. The lowest BCUT2D eigenvalue weighted by molar-refractivity contribution is -0.384. The van der Waals surface area contributed by atoms with Gasteiger partial charge >= 0.3 is 5.97 Å². The molecule has 10 heteroatoms. The van der Waals surface area contributed by atoms with Gasteiger partial charge in [-0.3, -0.25) is 10.1 Å². The van der Waals surface area contributed by atoms with Gasteiger partial charge in [-0.1, -0.05) is 16.1 Å². The molecule has 0 unspecified atom stereocenters. The van der Waals surface area contributed by atoms with Crippen LogP contribution in [0.15, 0.2) is 18.2 Å². The van der Waals surface area contributed by atoms with Crippen LogP contribution in [-0.2, 0) is 11.3 Å². The normalized spacial score (nSPS) is 13.6. The summed E-state index contributed by atoms with van der Waals surface area (Å²) in [6.45, 7) is -0.135. The second kappa shape index (κ2) is 6.47. The summed E-state index contributed by atoms with van der Waals surface area (Å²) >= 11 is 6.80. The Morgan fingerprint density at radius 2 is 2.30 bits per heavy atom. The number of nitrogens with zero attached hydrogens (tertiary/aromatic N) is 3. The van der Waals surface area contributed by atoms with Gasteiger partial charge in [0.2, 0.25) is 0 Å². The first kappa shape index (κ1) is 15.6. The number of carbonyl (C=O) groups excluding carboxylic acids is 1. The number of hydrogen-bond acceptors (Lipinski definition) is 8. The molecule has 0 spiro atoms. The topological polar surface area (TPSA) is 107 Å². The molecule has 0 amide bonds. The first-order chi connectivity index (χ1) is 11.0. The van der Waals surface area contributed by atoms with E-state index in [2.05, 4.69) is 14.9 Å². The van der Waals surface area contributed by atoms with Crippen LogP contribution in [0.25, 0.3) is 0 Å². The Morgan fingerprint density at radius 1 is 1.52 bits per heavy atom. The highest BCUT2D eigenvalue weighted by Crippen LogP contribution is 2.31. The zero-order valence-corrected chi connectivity index (χ0v) is 13.3. The summed E-state index contributed by atoms with van der Waals surface area (Å²) in [7, 11) is 0. The SMILES string of the molecule is O=C(OCc1nnsc1Cl)c1ccc(NC2CC2)c([N+](=O)[O-])c1. The van der Waals surface area contributed by atoms with Crippen molar-refractivity contribution in [3.63, 3.8) is 0 Å². The van der Waals surface area contributed by atoms with Crippen LogP contribution < -0.4 is 5.32 Å². The molecule has 1 N–H and O–H groups in total. The Labute approximate surface area is 139 Å². The summed E-state index contributed by atoms with van der Waals surface area (Å²) in [4.78, 5) is 22.7. The molecule has 23 heavy (non-hydrogen) atoms. The standard InChI is InChI=1S/C13H11ClN4O4S/c14-12-10(16-17-23-12)6-22-13(19)7-1-4-9(15-8-2-3-8)11(5-7)18(20)21/h1,4-5,8,15H,2-3,6H2. The van der Waals surface area contributed by atoms with Crippen LogP contribution in [0.2, 0.25) is 4.34 Å². The number of nitro groups is 1. The van der Waals surface area contributed by atoms with Crippen LogP contribution in [0.4, 0.5) is 11.4 Å². The predicted octanol–water partition coefficient (Wildman–Crippen LogP) is 3.03. The van der Waals surface area contributed by atoms with E-state index in [4.69, 9.17) is 16.3 Å². The fourth-order valence-electron chi connectivity index (χ4n) is 1.88. The van der Waals surface area contributed by atoms with Crippen LogP contribution in [0, 0.1) is 10.1 Å². The lowest BCUT2D eigenvalue weighted by Gasteiger charge is -2.07. The van der Waals surface area contributed by atoms with Gasteiger partial charge in [-0.05, 0) is 25.0 Å². The van der Waals surface area contributed by atoms with Crippen molar-refractivity contribution in [2.45, 2.75) is 25.5 Å². The number of ether oxygens (including phenoxy) is 1. The highest BCUT2D eigenvalue weighted by atomic mass is 35.5. The molecule has 0 bridgehead atoms. The van der Waals surface area contributed by atoms with Crippen molar-refractivity contribution in [2.75, 3.05) is 5.32 Å². The zero-order valence-electron chi connectivity index (χ0n) is 11.7. The molecule has 1 aromatic carbocycles. The van der Waals surface area contributed by atoms with Crippen molar-refractivity contribution in [1.82, 2.24) is 9.59 Å². The van der Waals surface area contributed by atoms with Gasteiger partial charge in [0, 0.05) is 23.6 Å². The Bertz CT molecular complexity index is 762. The number of nitro benzene ring substituents is 1. The third-order valence-corrected chi connectivity index (χ3v) is 4.20. The van der Waals surface area contributed by atoms with E-state index in [1.807, 2.05) is 0 Å². The monoisotopic (exact) mass is 354 g/mol. The second-order valence-corrected chi connectivity index (χ2v) is 6.33. The number of benzene rings is 1. The molecule has 1 aromatic heterocycles. The predicted molar refractivity (Wildman–Crippen MR) is 83.8 cm³/mol. The summed E-state index contributed by atoms with van der Waals surface area (Å²) in [5, 5.41) is 18.0. The molecular formula is C13H11ClN4O4S. The number of anilines is 1. The summed E-state index contributed by atoms with van der Waals surface area (Å²) in [5.41, 5.74) is 0.699. The molecule has 1 fully saturated rings. The van der Waals surface area contributed by atoms with E-state index in [9.17, 15) is 14.9 Å². The lowest BCUT2D eigenvalue weighted by Crippen LogP contribution is -2.09. The fourth-order valence-corrected chi connectivity index (χ4v) is 2.48. The molecule has 3 rings (SSSR count). The van der Waals surface area contributed by atoms with Gasteiger partial charge < -0.3 is 10.1 Å². The first-order valence-corrected chi connectivity index (χ1v) is 7.88. The van der Waals surface area contributed by atoms with Crippen molar-refractivity contribution in [3.05, 3.63) is 43.9 Å². The number of aromatic nitrogens is 2. The number of halogens is 1. The van der Waals surface area contributed by atoms with E-state index in [0.717, 1.165) is 24.4 Å². The smallest absolute Gasteiger partial charge is 0.338 e. The summed E-state index contributed by atoms with van der Waals surface area (Å²) in [5.74, 6) is -0.685.